The van der Waals surface area contributed by atoms with Gasteiger partial charge >= 0.3 is 0 Å². The van der Waals surface area contributed by atoms with E-state index in [1.54, 1.807) is 13.2 Å². The summed E-state index contributed by atoms with van der Waals surface area (Å²) in [5.41, 5.74) is 2.37. The molecule has 2 N–H and O–H groups in total. The first kappa shape index (κ1) is 15.1. The molecule has 0 saturated carbocycles. The molecule has 0 radical (unpaired) electrons. The van der Waals surface area contributed by atoms with E-state index in [1.165, 1.54) is 16.3 Å². The number of rotatable bonds is 4. The van der Waals surface area contributed by atoms with E-state index >= 15 is 0 Å². The molecule has 0 saturated heterocycles. The molecule has 1 heterocycles. The Morgan fingerprint density at radius 1 is 1.04 bits per heavy atom. The van der Waals surface area contributed by atoms with Crippen molar-refractivity contribution in [3.05, 3.63) is 66.0 Å². The van der Waals surface area contributed by atoms with Crippen LogP contribution >= 0.6 is 0 Å². The number of aromatic nitrogens is 2. The molecule has 23 heavy (non-hydrogen) atoms. The van der Waals surface area contributed by atoms with Crippen molar-refractivity contribution in [2.45, 2.75) is 13.1 Å². The monoisotopic (exact) mass is 307 g/mol. The second-order valence-corrected chi connectivity index (χ2v) is 5.36. The van der Waals surface area contributed by atoms with Gasteiger partial charge in [-0.1, -0.05) is 42.5 Å². The van der Waals surface area contributed by atoms with Crippen LogP contribution in [-0.2, 0) is 20.1 Å². The topological polar surface area (TPSA) is 54.2 Å². The molecule has 0 fully saturated rings. The molecule has 1 aromatic heterocycles. The van der Waals surface area contributed by atoms with Crippen molar-refractivity contribution in [3.8, 4) is 0 Å². The van der Waals surface area contributed by atoms with Gasteiger partial charge in [0.25, 0.3) is 0 Å². The number of aliphatic imine (C=N–C) groups is 1. The van der Waals surface area contributed by atoms with E-state index in [-0.39, 0.29) is 0 Å². The van der Waals surface area contributed by atoms with Crippen LogP contribution in [0.15, 0.2) is 59.7 Å². The molecule has 0 unspecified atom stereocenters. The van der Waals surface area contributed by atoms with Crippen molar-refractivity contribution < 1.29 is 0 Å². The smallest absolute Gasteiger partial charge is 0.191 e. The fourth-order valence-corrected chi connectivity index (χ4v) is 2.60. The Labute approximate surface area is 136 Å². The van der Waals surface area contributed by atoms with Gasteiger partial charge in [-0.05, 0) is 22.4 Å². The molecule has 0 amide bonds. The molecule has 0 aliphatic rings. The Kier molecular flexibility index (Phi) is 4.57. The summed E-state index contributed by atoms with van der Waals surface area (Å²) in [4.78, 5) is 4.28. The fraction of sp³-hybridized carbons (Fsp3) is 0.222. The summed E-state index contributed by atoms with van der Waals surface area (Å²) < 4.78 is 1.85. The number of guanidine groups is 1. The van der Waals surface area contributed by atoms with Crippen LogP contribution in [0.5, 0.6) is 0 Å². The summed E-state index contributed by atoms with van der Waals surface area (Å²) >= 11 is 0. The number of benzene rings is 2. The van der Waals surface area contributed by atoms with Crippen molar-refractivity contribution in [1.82, 2.24) is 20.4 Å². The Hall–Kier alpha value is -2.82. The molecule has 0 atom stereocenters. The molecule has 0 bridgehead atoms. The van der Waals surface area contributed by atoms with E-state index in [1.807, 2.05) is 17.8 Å². The van der Waals surface area contributed by atoms with Gasteiger partial charge in [-0.3, -0.25) is 9.67 Å². The first-order chi connectivity index (χ1) is 11.3. The second-order valence-electron chi connectivity index (χ2n) is 5.36. The maximum absolute atomic E-state index is 4.28. The standard InChI is InChI=1S/C18H21N5/c1-19-18(21-13-16-10-11-22-23(16)2)20-12-15-8-5-7-14-6-3-4-9-17(14)15/h3-11H,12-13H2,1-2H3,(H2,19,20,21). The van der Waals surface area contributed by atoms with Gasteiger partial charge in [-0.25, -0.2) is 0 Å². The van der Waals surface area contributed by atoms with Gasteiger partial charge in [0.15, 0.2) is 5.96 Å². The third kappa shape index (κ3) is 3.51. The SMILES string of the molecule is CN=C(NCc1cccc2ccccc12)NCc1ccnn1C. The van der Waals surface area contributed by atoms with E-state index in [2.05, 4.69) is 63.2 Å². The molecule has 0 aliphatic heterocycles. The minimum absolute atomic E-state index is 0.686. The van der Waals surface area contributed by atoms with Crippen molar-refractivity contribution in [3.63, 3.8) is 0 Å². The van der Waals surface area contributed by atoms with Crippen LogP contribution in [0.2, 0.25) is 0 Å². The zero-order valence-corrected chi connectivity index (χ0v) is 13.5. The third-order valence-electron chi connectivity index (χ3n) is 3.91. The van der Waals surface area contributed by atoms with Crippen LogP contribution < -0.4 is 10.6 Å². The maximum Gasteiger partial charge on any atom is 0.191 e. The van der Waals surface area contributed by atoms with E-state index in [9.17, 15) is 0 Å². The van der Waals surface area contributed by atoms with Gasteiger partial charge in [0.2, 0.25) is 0 Å². The predicted molar refractivity (Wildman–Crippen MR) is 94.2 cm³/mol. The summed E-state index contributed by atoms with van der Waals surface area (Å²) in [6.07, 6.45) is 1.79. The van der Waals surface area contributed by atoms with Crippen molar-refractivity contribution in [2.75, 3.05) is 7.05 Å². The van der Waals surface area contributed by atoms with Gasteiger partial charge in [-0.2, -0.15) is 5.10 Å². The number of hydrogen-bond donors (Lipinski definition) is 2. The Bertz CT molecular complexity index is 814. The van der Waals surface area contributed by atoms with Crippen LogP contribution in [-0.4, -0.2) is 22.8 Å². The third-order valence-corrected chi connectivity index (χ3v) is 3.91. The van der Waals surface area contributed by atoms with Crippen molar-refractivity contribution >= 4 is 16.7 Å². The first-order valence-corrected chi connectivity index (χ1v) is 7.66. The molecule has 118 valence electrons. The molecule has 0 aliphatic carbocycles. The van der Waals surface area contributed by atoms with Crippen molar-refractivity contribution in [1.29, 1.82) is 0 Å². The number of hydrogen-bond acceptors (Lipinski definition) is 2. The van der Waals surface area contributed by atoms with Gasteiger partial charge in [0.05, 0.1) is 12.2 Å². The van der Waals surface area contributed by atoms with E-state index in [0.717, 1.165) is 18.2 Å². The van der Waals surface area contributed by atoms with Crippen LogP contribution in [0.1, 0.15) is 11.3 Å². The van der Waals surface area contributed by atoms with E-state index in [4.69, 9.17) is 0 Å². The first-order valence-electron chi connectivity index (χ1n) is 7.66. The molecule has 3 rings (SSSR count). The van der Waals surface area contributed by atoms with E-state index in [0.29, 0.717) is 6.54 Å². The highest BCUT2D eigenvalue weighted by atomic mass is 15.3. The minimum Gasteiger partial charge on any atom is -0.352 e. The van der Waals surface area contributed by atoms with Crippen LogP contribution in [0.4, 0.5) is 0 Å². The zero-order valence-electron chi connectivity index (χ0n) is 13.5. The van der Waals surface area contributed by atoms with Crippen molar-refractivity contribution in [2.24, 2.45) is 12.0 Å². The predicted octanol–water partition coefficient (Wildman–Crippen LogP) is 2.44. The Morgan fingerprint density at radius 2 is 1.83 bits per heavy atom. The average Bonchev–Trinajstić information content (AvgIpc) is 3.00. The summed E-state index contributed by atoms with van der Waals surface area (Å²) in [6.45, 7) is 1.41. The molecular weight excluding hydrogens is 286 g/mol. The molecule has 5 heteroatoms. The number of fused-ring (bicyclic) bond motifs is 1. The quantitative estimate of drug-likeness (QED) is 0.575. The molecular formula is C18H21N5. The number of aryl methyl sites for hydroxylation is 1. The Morgan fingerprint density at radius 3 is 2.61 bits per heavy atom. The van der Waals surface area contributed by atoms with Crippen LogP contribution in [0, 0.1) is 0 Å². The second kappa shape index (κ2) is 6.96. The average molecular weight is 307 g/mol. The molecule has 2 aromatic carbocycles. The van der Waals surface area contributed by atoms with Gasteiger partial charge in [0.1, 0.15) is 0 Å². The highest BCUT2D eigenvalue weighted by Gasteiger charge is 2.03. The Balaban J connectivity index is 1.65. The normalized spacial score (nSPS) is 11.7. The highest BCUT2D eigenvalue weighted by molar-refractivity contribution is 5.86. The molecule has 0 spiro atoms. The maximum atomic E-state index is 4.28. The number of nitrogens with zero attached hydrogens (tertiary/aromatic N) is 3. The zero-order chi connectivity index (χ0) is 16.1. The lowest BCUT2D eigenvalue weighted by Crippen LogP contribution is -2.36. The fourth-order valence-electron chi connectivity index (χ4n) is 2.60. The summed E-state index contributed by atoms with van der Waals surface area (Å²) in [7, 11) is 3.71. The van der Waals surface area contributed by atoms with Gasteiger partial charge in [0, 0.05) is 26.8 Å². The summed E-state index contributed by atoms with van der Waals surface area (Å²) in [6, 6.07) is 16.8. The van der Waals surface area contributed by atoms with Crippen LogP contribution in [0.3, 0.4) is 0 Å². The van der Waals surface area contributed by atoms with Crippen LogP contribution in [0.25, 0.3) is 10.8 Å². The summed E-state index contributed by atoms with van der Waals surface area (Å²) in [5.74, 6) is 0.777. The van der Waals surface area contributed by atoms with E-state index < -0.39 is 0 Å². The minimum atomic E-state index is 0.686. The van der Waals surface area contributed by atoms with Gasteiger partial charge < -0.3 is 10.6 Å². The lowest BCUT2D eigenvalue weighted by Gasteiger charge is -2.13. The largest absolute Gasteiger partial charge is 0.352 e. The van der Waals surface area contributed by atoms with Gasteiger partial charge in [-0.15, -0.1) is 0 Å². The number of nitrogens with one attached hydrogen (secondary N) is 2. The highest BCUT2D eigenvalue weighted by Crippen LogP contribution is 2.18. The molecule has 5 nitrogen and oxygen atoms in total. The molecule has 3 aromatic rings. The lowest BCUT2D eigenvalue weighted by atomic mass is 10.0. The summed E-state index contributed by atoms with van der Waals surface area (Å²) in [5, 5.41) is 13.4. The lowest BCUT2D eigenvalue weighted by molar-refractivity contribution is 0.684.